The van der Waals surface area contributed by atoms with Crippen LogP contribution in [0, 0.1) is 0 Å². The Bertz CT molecular complexity index is 654. The Hall–Kier alpha value is -2.41. The molecule has 0 fully saturated rings. The van der Waals surface area contributed by atoms with E-state index in [0.717, 1.165) is 0 Å². The number of carbonyl (C=O) groups is 1. The summed E-state index contributed by atoms with van der Waals surface area (Å²) in [6.07, 6.45) is 0. The molecule has 0 saturated carbocycles. The van der Waals surface area contributed by atoms with Crippen molar-refractivity contribution in [1.29, 1.82) is 0 Å². The molecule has 2 rings (SSSR count). The average molecular weight is 318 g/mol. The average Bonchev–Trinajstić information content (AvgIpc) is 2.95. The van der Waals surface area contributed by atoms with Gasteiger partial charge in [0.15, 0.2) is 5.82 Å². The number of ether oxygens (including phenoxy) is 1. The zero-order valence-electron chi connectivity index (χ0n) is 13.9. The Morgan fingerprint density at radius 3 is 2.87 bits per heavy atom. The van der Waals surface area contributed by atoms with Gasteiger partial charge in [0.1, 0.15) is 5.75 Å². The number of rotatable bonds is 7. The summed E-state index contributed by atoms with van der Waals surface area (Å²) in [4.78, 5) is 18.2. The van der Waals surface area contributed by atoms with Gasteiger partial charge in [-0.05, 0) is 19.2 Å². The van der Waals surface area contributed by atoms with Crippen molar-refractivity contribution in [2.24, 2.45) is 0 Å². The van der Waals surface area contributed by atoms with Gasteiger partial charge >= 0.3 is 0 Å². The highest BCUT2D eigenvalue weighted by Gasteiger charge is 2.13. The number of methoxy groups -OCH3 is 1. The van der Waals surface area contributed by atoms with Gasteiger partial charge in [-0.3, -0.25) is 9.69 Å². The van der Waals surface area contributed by atoms with Crippen molar-refractivity contribution in [2.75, 3.05) is 26.0 Å². The molecule has 0 saturated heterocycles. The van der Waals surface area contributed by atoms with Crippen molar-refractivity contribution in [3.8, 4) is 5.75 Å². The molecule has 2 aromatic rings. The smallest absolute Gasteiger partial charge is 0.240 e. The Balaban J connectivity index is 1.86. The second-order valence-corrected chi connectivity index (χ2v) is 5.65. The zero-order valence-corrected chi connectivity index (χ0v) is 13.9. The van der Waals surface area contributed by atoms with Crippen molar-refractivity contribution in [1.82, 2.24) is 15.0 Å². The van der Waals surface area contributed by atoms with Crippen LogP contribution in [0.3, 0.4) is 0 Å². The lowest BCUT2D eigenvalue weighted by molar-refractivity contribution is -0.117. The molecule has 0 radical (unpaired) electrons. The lowest BCUT2D eigenvalue weighted by Gasteiger charge is -2.14. The Morgan fingerprint density at radius 1 is 1.43 bits per heavy atom. The quantitative estimate of drug-likeness (QED) is 0.843. The molecule has 1 aromatic carbocycles. The van der Waals surface area contributed by atoms with Gasteiger partial charge in [0.05, 0.1) is 20.2 Å². The van der Waals surface area contributed by atoms with Gasteiger partial charge in [-0.1, -0.05) is 25.1 Å². The predicted molar refractivity (Wildman–Crippen MR) is 86.3 cm³/mol. The summed E-state index contributed by atoms with van der Waals surface area (Å²) in [5.74, 6) is 1.97. The highest BCUT2D eigenvalue weighted by molar-refractivity contribution is 5.92. The highest BCUT2D eigenvalue weighted by atomic mass is 16.5. The van der Waals surface area contributed by atoms with Gasteiger partial charge in [0.25, 0.3) is 0 Å². The Kier molecular flexibility index (Phi) is 5.70. The summed E-state index contributed by atoms with van der Waals surface area (Å²) in [7, 11) is 3.41. The Labute approximate surface area is 135 Å². The largest absolute Gasteiger partial charge is 0.497 e. The molecule has 1 N–H and O–H groups in total. The second kappa shape index (κ2) is 7.73. The van der Waals surface area contributed by atoms with Crippen molar-refractivity contribution in [3.63, 3.8) is 0 Å². The number of nitrogens with zero attached hydrogens (tertiary/aromatic N) is 3. The molecule has 23 heavy (non-hydrogen) atoms. The number of amides is 1. The van der Waals surface area contributed by atoms with E-state index in [1.807, 2.05) is 44.0 Å². The molecule has 1 heterocycles. The van der Waals surface area contributed by atoms with Crippen LogP contribution < -0.4 is 10.1 Å². The maximum absolute atomic E-state index is 12.1. The summed E-state index contributed by atoms with van der Waals surface area (Å²) >= 11 is 0. The van der Waals surface area contributed by atoms with Gasteiger partial charge in [-0.15, -0.1) is 0 Å². The van der Waals surface area contributed by atoms with Crippen LogP contribution in [-0.4, -0.2) is 41.6 Å². The molecule has 1 aromatic heterocycles. The van der Waals surface area contributed by atoms with Crippen LogP contribution in [0.4, 0.5) is 5.69 Å². The molecular weight excluding hydrogens is 296 g/mol. The van der Waals surface area contributed by atoms with Gasteiger partial charge in [0.2, 0.25) is 11.8 Å². The normalized spacial score (nSPS) is 11.0. The van der Waals surface area contributed by atoms with E-state index in [9.17, 15) is 4.79 Å². The molecule has 0 atom stereocenters. The number of anilines is 1. The number of aromatic nitrogens is 2. The topological polar surface area (TPSA) is 80.5 Å². The van der Waals surface area contributed by atoms with E-state index < -0.39 is 0 Å². The molecule has 0 bridgehead atoms. The summed E-state index contributed by atoms with van der Waals surface area (Å²) in [6, 6.07) is 7.23. The minimum absolute atomic E-state index is 0.121. The molecule has 0 unspecified atom stereocenters. The number of benzene rings is 1. The zero-order chi connectivity index (χ0) is 16.8. The molecule has 0 aliphatic rings. The molecule has 0 spiro atoms. The number of nitrogens with one attached hydrogen (secondary N) is 1. The van der Waals surface area contributed by atoms with Crippen molar-refractivity contribution >= 4 is 11.6 Å². The first-order valence-electron chi connectivity index (χ1n) is 7.43. The van der Waals surface area contributed by atoms with Crippen LogP contribution >= 0.6 is 0 Å². The van der Waals surface area contributed by atoms with E-state index in [4.69, 9.17) is 9.26 Å². The molecule has 7 heteroatoms. The summed E-state index contributed by atoms with van der Waals surface area (Å²) in [6.45, 7) is 4.64. The maximum Gasteiger partial charge on any atom is 0.240 e. The summed E-state index contributed by atoms with van der Waals surface area (Å²) < 4.78 is 10.3. The van der Waals surface area contributed by atoms with E-state index in [-0.39, 0.29) is 18.4 Å². The second-order valence-electron chi connectivity index (χ2n) is 5.65. The van der Waals surface area contributed by atoms with E-state index in [2.05, 4.69) is 15.5 Å². The van der Waals surface area contributed by atoms with Crippen LogP contribution in [0.2, 0.25) is 0 Å². The third-order valence-electron chi connectivity index (χ3n) is 3.17. The SMILES string of the molecule is COc1cccc(NC(=O)CN(C)Cc2nc(C(C)C)no2)c1. The van der Waals surface area contributed by atoms with E-state index in [1.165, 1.54) is 0 Å². The first kappa shape index (κ1) is 17.0. The van der Waals surface area contributed by atoms with Crippen molar-refractivity contribution < 1.29 is 14.1 Å². The van der Waals surface area contributed by atoms with Gasteiger partial charge < -0.3 is 14.6 Å². The van der Waals surface area contributed by atoms with Crippen LogP contribution in [0.25, 0.3) is 0 Å². The lowest BCUT2D eigenvalue weighted by Crippen LogP contribution is -2.29. The maximum atomic E-state index is 12.1. The minimum atomic E-state index is -0.121. The molecule has 0 aliphatic carbocycles. The molecule has 7 nitrogen and oxygen atoms in total. The van der Waals surface area contributed by atoms with Crippen molar-refractivity contribution in [3.05, 3.63) is 36.0 Å². The molecule has 0 aliphatic heterocycles. The lowest BCUT2D eigenvalue weighted by atomic mass is 10.2. The fourth-order valence-electron chi connectivity index (χ4n) is 2.00. The standard InChI is InChI=1S/C16H22N4O3/c1-11(2)16-18-15(23-19-16)10-20(3)9-14(21)17-12-6-5-7-13(8-12)22-4/h5-8,11H,9-10H2,1-4H3,(H,17,21). The van der Waals surface area contributed by atoms with E-state index in [1.54, 1.807) is 13.2 Å². The highest BCUT2D eigenvalue weighted by Crippen LogP contribution is 2.16. The number of likely N-dealkylation sites (N-methyl/N-ethyl adjacent to an activating group) is 1. The Morgan fingerprint density at radius 2 is 2.22 bits per heavy atom. The first-order chi connectivity index (χ1) is 11.0. The van der Waals surface area contributed by atoms with Crippen LogP contribution in [0.15, 0.2) is 28.8 Å². The molecule has 124 valence electrons. The third kappa shape index (κ3) is 5.07. The van der Waals surface area contributed by atoms with Gasteiger partial charge in [-0.2, -0.15) is 4.98 Å². The van der Waals surface area contributed by atoms with Crippen LogP contribution in [-0.2, 0) is 11.3 Å². The van der Waals surface area contributed by atoms with E-state index in [0.29, 0.717) is 29.7 Å². The van der Waals surface area contributed by atoms with E-state index >= 15 is 0 Å². The fourth-order valence-corrected chi connectivity index (χ4v) is 2.00. The minimum Gasteiger partial charge on any atom is -0.497 e. The molecular formula is C16H22N4O3. The van der Waals surface area contributed by atoms with Gasteiger partial charge in [0, 0.05) is 17.7 Å². The predicted octanol–water partition coefficient (Wildman–Crippen LogP) is 2.27. The van der Waals surface area contributed by atoms with Gasteiger partial charge in [-0.25, -0.2) is 0 Å². The monoisotopic (exact) mass is 318 g/mol. The number of hydrogen-bond donors (Lipinski definition) is 1. The molecule has 1 amide bonds. The van der Waals surface area contributed by atoms with Crippen LogP contribution in [0.5, 0.6) is 5.75 Å². The third-order valence-corrected chi connectivity index (χ3v) is 3.17. The fraction of sp³-hybridized carbons (Fsp3) is 0.438. The number of carbonyl (C=O) groups excluding carboxylic acids is 1. The first-order valence-corrected chi connectivity index (χ1v) is 7.43. The summed E-state index contributed by atoms with van der Waals surface area (Å²) in [5.41, 5.74) is 0.697. The van der Waals surface area contributed by atoms with Crippen LogP contribution in [0.1, 0.15) is 31.5 Å². The summed E-state index contributed by atoms with van der Waals surface area (Å²) in [5, 5.41) is 6.74. The van der Waals surface area contributed by atoms with Crippen molar-refractivity contribution in [2.45, 2.75) is 26.3 Å². The number of hydrogen-bond acceptors (Lipinski definition) is 6.